The zero-order valence-electron chi connectivity index (χ0n) is 21.7. The molecule has 2 aliphatic rings. The van der Waals surface area contributed by atoms with E-state index in [0.717, 1.165) is 48.3 Å². The number of aromatic nitrogens is 4. The Kier molecular flexibility index (Phi) is 6.45. The van der Waals surface area contributed by atoms with Gasteiger partial charge in [0, 0.05) is 12.1 Å². The Labute approximate surface area is 226 Å². The lowest BCUT2D eigenvalue weighted by Crippen LogP contribution is -2.39. The second-order valence-electron chi connectivity index (χ2n) is 10.2. The number of fused-ring (bicyclic) bond motifs is 1. The van der Waals surface area contributed by atoms with E-state index >= 15 is 0 Å². The lowest BCUT2D eigenvalue weighted by atomic mass is 10.0. The molecule has 1 aliphatic carbocycles. The smallest absolute Gasteiger partial charge is 0.264 e. The van der Waals surface area contributed by atoms with Crippen molar-refractivity contribution in [2.45, 2.75) is 45.2 Å². The van der Waals surface area contributed by atoms with Crippen LogP contribution in [0.3, 0.4) is 0 Å². The van der Waals surface area contributed by atoms with Crippen molar-refractivity contribution < 1.29 is 9.53 Å². The van der Waals surface area contributed by atoms with Crippen molar-refractivity contribution in [1.82, 2.24) is 24.6 Å². The van der Waals surface area contributed by atoms with Crippen LogP contribution in [0.25, 0.3) is 22.3 Å². The van der Waals surface area contributed by atoms with Gasteiger partial charge in [-0.15, -0.1) is 0 Å². The Morgan fingerprint density at radius 1 is 1.15 bits per heavy atom. The van der Waals surface area contributed by atoms with Crippen molar-refractivity contribution in [3.05, 3.63) is 72.1 Å². The van der Waals surface area contributed by atoms with E-state index in [1.807, 2.05) is 71.1 Å². The zero-order valence-corrected chi connectivity index (χ0v) is 21.7. The molecular weight excluding hydrogens is 490 g/mol. The number of carbonyl (C=O) groups excluding carboxylic acids is 1. The van der Waals surface area contributed by atoms with Crippen molar-refractivity contribution >= 4 is 22.8 Å². The maximum atomic E-state index is 13.2. The standard InChI is InChI=1S/C30H29N7O2/c1-19-14-24(39-23-7-3-2-4-8-23)11-12-25(19)27-26-28(32)33-18-34-29(26)37(35-27)17-22-6-5-13-36(22)30(38)21(16-31)15-20-9-10-20/h2-4,7-8,11-12,14-15,18,20,22H,5-6,9-10,13,17H2,1H3,(H2,32,33,34)/t22-/m1/s1. The first-order valence-corrected chi connectivity index (χ1v) is 13.3. The SMILES string of the molecule is Cc1cc(Oc2ccccc2)ccc1-c1nn(C[C@H]2CCCN2C(=O)C(C#N)=CC2CC2)c2ncnc(N)c12. The number of hydrogen-bond acceptors (Lipinski definition) is 7. The van der Waals surface area contributed by atoms with Crippen LogP contribution in [0.5, 0.6) is 11.5 Å². The molecule has 2 aromatic carbocycles. The van der Waals surface area contributed by atoms with Crippen molar-refractivity contribution in [3.8, 4) is 28.8 Å². The first-order valence-electron chi connectivity index (χ1n) is 13.3. The van der Waals surface area contributed by atoms with Gasteiger partial charge in [-0.1, -0.05) is 24.3 Å². The van der Waals surface area contributed by atoms with Crippen LogP contribution in [0.4, 0.5) is 5.82 Å². The first-order chi connectivity index (χ1) is 19.0. The fourth-order valence-electron chi connectivity index (χ4n) is 5.24. The summed E-state index contributed by atoms with van der Waals surface area (Å²) in [6.07, 6.45) is 7.07. The van der Waals surface area contributed by atoms with Gasteiger partial charge in [-0.2, -0.15) is 10.4 Å². The molecule has 2 N–H and O–H groups in total. The van der Waals surface area contributed by atoms with E-state index in [1.165, 1.54) is 6.33 Å². The number of carbonyl (C=O) groups is 1. The van der Waals surface area contributed by atoms with Crippen molar-refractivity contribution in [3.63, 3.8) is 0 Å². The van der Waals surface area contributed by atoms with Crippen LogP contribution in [0.2, 0.25) is 0 Å². The molecule has 1 saturated heterocycles. The second kappa shape index (κ2) is 10.2. The van der Waals surface area contributed by atoms with Crippen LogP contribution in [0.1, 0.15) is 31.2 Å². The summed E-state index contributed by atoms with van der Waals surface area (Å²) >= 11 is 0. The van der Waals surface area contributed by atoms with Gasteiger partial charge in [0.2, 0.25) is 0 Å². The topological polar surface area (TPSA) is 123 Å². The van der Waals surface area contributed by atoms with Gasteiger partial charge >= 0.3 is 0 Å². The molecule has 1 aliphatic heterocycles. The molecule has 0 bridgehead atoms. The summed E-state index contributed by atoms with van der Waals surface area (Å²) in [7, 11) is 0. The molecule has 1 amide bonds. The van der Waals surface area contributed by atoms with E-state index in [0.29, 0.717) is 41.6 Å². The van der Waals surface area contributed by atoms with Crippen LogP contribution >= 0.6 is 0 Å². The van der Waals surface area contributed by atoms with Gasteiger partial charge in [0.25, 0.3) is 5.91 Å². The van der Waals surface area contributed by atoms with Crippen LogP contribution in [0, 0.1) is 24.2 Å². The van der Waals surface area contributed by atoms with Crippen LogP contribution < -0.4 is 10.5 Å². The van der Waals surface area contributed by atoms with E-state index < -0.39 is 0 Å². The number of anilines is 1. The van der Waals surface area contributed by atoms with Crippen LogP contribution in [0.15, 0.2) is 66.5 Å². The van der Waals surface area contributed by atoms with Crippen molar-refractivity contribution in [1.29, 1.82) is 5.26 Å². The molecule has 196 valence electrons. The summed E-state index contributed by atoms with van der Waals surface area (Å²) in [4.78, 5) is 23.8. The summed E-state index contributed by atoms with van der Waals surface area (Å²) in [5, 5.41) is 15.2. The Bertz CT molecular complexity index is 1620. The number of likely N-dealkylation sites (tertiary alicyclic amines) is 1. The zero-order chi connectivity index (χ0) is 26.9. The van der Waals surface area contributed by atoms with Gasteiger partial charge in [-0.25, -0.2) is 14.6 Å². The number of aryl methyl sites for hydroxylation is 1. The predicted molar refractivity (Wildman–Crippen MR) is 148 cm³/mol. The number of amides is 1. The van der Waals surface area contributed by atoms with Gasteiger partial charge < -0.3 is 15.4 Å². The molecule has 39 heavy (non-hydrogen) atoms. The molecule has 0 unspecified atom stereocenters. The third-order valence-electron chi connectivity index (χ3n) is 7.39. The third-order valence-corrected chi connectivity index (χ3v) is 7.39. The Morgan fingerprint density at radius 3 is 2.72 bits per heavy atom. The Morgan fingerprint density at radius 2 is 1.97 bits per heavy atom. The Balaban J connectivity index is 1.32. The van der Waals surface area contributed by atoms with Crippen molar-refractivity contribution in [2.75, 3.05) is 12.3 Å². The number of nitrogens with zero attached hydrogens (tertiary/aromatic N) is 6. The number of hydrogen-bond donors (Lipinski definition) is 1. The third kappa shape index (κ3) is 4.93. The normalized spacial score (nSPS) is 17.4. The maximum Gasteiger partial charge on any atom is 0.264 e. The molecule has 0 radical (unpaired) electrons. The minimum Gasteiger partial charge on any atom is -0.457 e. The van der Waals surface area contributed by atoms with Gasteiger partial charge in [0.15, 0.2) is 5.65 Å². The minimum absolute atomic E-state index is 0.0941. The lowest BCUT2D eigenvalue weighted by molar-refractivity contribution is -0.127. The summed E-state index contributed by atoms with van der Waals surface area (Å²) in [5.74, 6) is 2.00. The number of rotatable bonds is 7. The molecule has 9 heteroatoms. The first kappa shape index (κ1) is 24.6. The quantitative estimate of drug-likeness (QED) is 0.268. The minimum atomic E-state index is -0.192. The highest BCUT2D eigenvalue weighted by Crippen LogP contribution is 2.36. The fourth-order valence-corrected chi connectivity index (χ4v) is 5.24. The van der Waals surface area contributed by atoms with E-state index in [4.69, 9.17) is 15.6 Å². The molecule has 0 spiro atoms. The van der Waals surface area contributed by atoms with Crippen LogP contribution in [-0.4, -0.2) is 43.1 Å². The summed E-state index contributed by atoms with van der Waals surface area (Å²) < 4.78 is 7.83. The molecule has 1 saturated carbocycles. The molecular formula is C30H29N7O2. The number of benzene rings is 2. The highest BCUT2D eigenvalue weighted by atomic mass is 16.5. The molecule has 2 aromatic heterocycles. The molecule has 2 fully saturated rings. The lowest BCUT2D eigenvalue weighted by Gasteiger charge is -2.24. The number of allylic oxidation sites excluding steroid dienone is 1. The Hall–Kier alpha value is -4.71. The summed E-state index contributed by atoms with van der Waals surface area (Å²) in [6.45, 7) is 3.08. The highest BCUT2D eigenvalue weighted by Gasteiger charge is 2.33. The van der Waals surface area contributed by atoms with Crippen LogP contribution in [-0.2, 0) is 11.3 Å². The molecule has 4 aromatic rings. The van der Waals surface area contributed by atoms with Gasteiger partial charge in [0.05, 0.1) is 18.0 Å². The molecule has 9 nitrogen and oxygen atoms in total. The van der Waals surface area contributed by atoms with Gasteiger partial charge in [0.1, 0.15) is 41.0 Å². The van der Waals surface area contributed by atoms with E-state index in [-0.39, 0.29) is 17.5 Å². The number of ether oxygens (including phenoxy) is 1. The monoisotopic (exact) mass is 519 g/mol. The molecule has 6 rings (SSSR count). The summed E-state index contributed by atoms with van der Waals surface area (Å²) in [5.41, 5.74) is 9.78. The van der Waals surface area contributed by atoms with Gasteiger partial charge in [-0.05, 0) is 74.4 Å². The second-order valence-corrected chi connectivity index (χ2v) is 10.2. The average molecular weight is 520 g/mol. The number of nitrogens with two attached hydrogens (primary N) is 1. The number of nitrogen functional groups attached to an aromatic ring is 1. The largest absolute Gasteiger partial charge is 0.457 e. The average Bonchev–Trinajstić information content (AvgIpc) is 3.52. The fraction of sp³-hybridized carbons (Fsp3) is 0.300. The summed E-state index contributed by atoms with van der Waals surface area (Å²) in [6, 6.07) is 17.5. The van der Waals surface area contributed by atoms with E-state index in [9.17, 15) is 10.1 Å². The molecule has 1 atom stereocenters. The highest BCUT2D eigenvalue weighted by molar-refractivity contribution is 5.99. The number of nitriles is 1. The number of para-hydroxylation sites is 1. The van der Waals surface area contributed by atoms with E-state index in [2.05, 4.69) is 16.0 Å². The predicted octanol–water partition coefficient (Wildman–Crippen LogP) is 5.03. The maximum absolute atomic E-state index is 13.2. The van der Waals surface area contributed by atoms with Crippen molar-refractivity contribution in [2.24, 2.45) is 5.92 Å². The molecule has 3 heterocycles. The van der Waals surface area contributed by atoms with E-state index in [1.54, 1.807) is 0 Å². The van der Waals surface area contributed by atoms with Gasteiger partial charge in [-0.3, -0.25) is 4.79 Å².